The first-order valence-corrected chi connectivity index (χ1v) is 9.89. The Balaban J connectivity index is 1.56. The van der Waals surface area contributed by atoms with E-state index in [1.54, 1.807) is 24.1 Å². The molecule has 3 heterocycles. The molecule has 1 amide bonds. The zero-order valence-electron chi connectivity index (χ0n) is 16.1. The zero-order valence-corrected chi connectivity index (χ0v) is 16.1. The quantitative estimate of drug-likeness (QED) is 0.680. The second kappa shape index (κ2) is 6.99. The summed E-state index contributed by atoms with van der Waals surface area (Å²) in [5.41, 5.74) is 2.72. The number of amides is 1. The number of fused-ring (bicyclic) bond motifs is 3. The van der Waals surface area contributed by atoms with Crippen molar-refractivity contribution in [3.63, 3.8) is 0 Å². The van der Waals surface area contributed by atoms with Crippen LogP contribution in [0.4, 0.5) is 0 Å². The maximum atomic E-state index is 13.0. The number of ether oxygens (including phenoxy) is 2. The highest BCUT2D eigenvalue weighted by atomic mass is 16.6. The third-order valence-corrected chi connectivity index (χ3v) is 5.94. The van der Waals surface area contributed by atoms with Crippen molar-refractivity contribution in [2.24, 2.45) is 5.92 Å². The molecule has 0 bridgehead atoms. The van der Waals surface area contributed by atoms with E-state index >= 15 is 0 Å². The van der Waals surface area contributed by atoms with Gasteiger partial charge in [0.15, 0.2) is 5.76 Å². The first-order chi connectivity index (χ1) is 14.2. The minimum Gasteiger partial charge on any atom is -0.497 e. The minimum atomic E-state index is -0.803. The molecule has 0 spiro atoms. The number of hydrogen-bond acceptors (Lipinski definition) is 5. The lowest BCUT2D eigenvalue weighted by molar-refractivity contribution is -0.166. The highest BCUT2D eigenvalue weighted by Gasteiger charge is 2.39. The molecule has 1 saturated carbocycles. The van der Waals surface area contributed by atoms with Gasteiger partial charge in [0.2, 0.25) is 6.23 Å². The van der Waals surface area contributed by atoms with Crippen molar-refractivity contribution in [2.45, 2.75) is 31.9 Å². The summed E-state index contributed by atoms with van der Waals surface area (Å²) in [5.74, 6) is 0.378. The number of furan rings is 1. The lowest BCUT2D eigenvalue weighted by Crippen LogP contribution is -2.43. The fraction of sp³-hybridized carbons (Fsp3) is 0.364. The van der Waals surface area contributed by atoms with Crippen LogP contribution in [-0.4, -0.2) is 35.4 Å². The SMILES string of the molecule is COc1ccc2[nH]c3c(c2c1)CCN(C(=O)c1ccco1)C3OC(=O)C1CCC1. The number of carbonyl (C=O) groups excluding carboxylic acids is 2. The van der Waals surface area contributed by atoms with Crippen LogP contribution < -0.4 is 4.74 Å². The molecule has 7 heteroatoms. The second-order valence-electron chi connectivity index (χ2n) is 7.57. The van der Waals surface area contributed by atoms with Gasteiger partial charge in [-0.15, -0.1) is 0 Å². The Morgan fingerprint density at radius 3 is 2.79 bits per heavy atom. The van der Waals surface area contributed by atoms with Gasteiger partial charge >= 0.3 is 5.97 Å². The van der Waals surface area contributed by atoms with E-state index < -0.39 is 6.23 Å². The number of esters is 1. The van der Waals surface area contributed by atoms with E-state index in [1.165, 1.54) is 6.26 Å². The molecule has 2 aromatic heterocycles. The van der Waals surface area contributed by atoms with Crippen molar-refractivity contribution < 1.29 is 23.5 Å². The second-order valence-corrected chi connectivity index (χ2v) is 7.57. The average Bonchev–Trinajstić information content (AvgIpc) is 3.34. The van der Waals surface area contributed by atoms with Crippen molar-refractivity contribution in [3.05, 3.63) is 53.6 Å². The van der Waals surface area contributed by atoms with Gasteiger partial charge in [-0.3, -0.25) is 14.5 Å². The first kappa shape index (κ1) is 17.8. The molecule has 2 aliphatic rings. The van der Waals surface area contributed by atoms with Crippen LogP contribution in [0.5, 0.6) is 5.75 Å². The molecule has 1 unspecified atom stereocenters. The molecule has 29 heavy (non-hydrogen) atoms. The monoisotopic (exact) mass is 394 g/mol. The minimum absolute atomic E-state index is 0.0783. The van der Waals surface area contributed by atoms with Gasteiger partial charge in [-0.25, -0.2) is 0 Å². The van der Waals surface area contributed by atoms with Crippen LogP contribution in [0, 0.1) is 5.92 Å². The van der Waals surface area contributed by atoms with E-state index in [0.29, 0.717) is 13.0 Å². The van der Waals surface area contributed by atoms with Gasteiger partial charge in [0, 0.05) is 17.4 Å². The molecule has 5 rings (SSSR count). The van der Waals surface area contributed by atoms with Crippen molar-refractivity contribution in [2.75, 3.05) is 13.7 Å². The Morgan fingerprint density at radius 2 is 2.10 bits per heavy atom. The lowest BCUT2D eigenvalue weighted by atomic mass is 9.85. The number of nitrogens with one attached hydrogen (secondary N) is 1. The number of benzene rings is 1. The summed E-state index contributed by atoms with van der Waals surface area (Å²) in [6.45, 7) is 0.430. The Bertz CT molecular complexity index is 1060. The maximum absolute atomic E-state index is 13.0. The van der Waals surface area contributed by atoms with Crippen LogP contribution in [0.1, 0.15) is 47.3 Å². The van der Waals surface area contributed by atoms with Gasteiger partial charge in [-0.05, 0) is 55.2 Å². The van der Waals surface area contributed by atoms with Gasteiger partial charge in [0.1, 0.15) is 5.75 Å². The molecule has 1 fully saturated rings. The van der Waals surface area contributed by atoms with Crippen LogP contribution in [0.3, 0.4) is 0 Å². The van der Waals surface area contributed by atoms with Crippen LogP contribution >= 0.6 is 0 Å². The van der Waals surface area contributed by atoms with Crippen molar-refractivity contribution >= 4 is 22.8 Å². The number of H-pyrrole nitrogens is 1. The fourth-order valence-electron chi connectivity index (χ4n) is 4.08. The van der Waals surface area contributed by atoms with Crippen molar-refractivity contribution in [1.29, 1.82) is 0 Å². The summed E-state index contributed by atoms with van der Waals surface area (Å²) in [6.07, 6.45) is 4.03. The third-order valence-electron chi connectivity index (χ3n) is 5.94. The molecule has 1 N–H and O–H groups in total. The van der Waals surface area contributed by atoms with E-state index in [0.717, 1.165) is 47.2 Å². The molecule has 0 radical (unpaired) electrons. The van der Waals surface area contributed by atoms with Gasteiger partial charge in [0.25, 0.3) is 5.91 Å². The zero-order chi connectivity index (χ0) is 20.0. The number of aromatic nitrogens is 1. The molecule has 7 nitrogen and oxygen atoms in total. The van der Waals surface area contributed by atoms with Crippen LogP contribution in [0.2, 0.25) is 0 Å². The van der Waals surface area contributed by atoms with E-state index in [4.69, 9.17) is 13.9 Å². The number of nitrogens with zero attached hydrogens (tertiary/aromatic N) is 1. The lowest BCUT2D eigenvalue weighted by Gasteiger charge is -2.36. The summed E-state index contributed by atoms with van der Waals surface area (Å²) in [7, 11) is 1.63. The summed E-state index contributed by atoms with van der Waals surface area (Å²) in [6, 6.07) is 9.09. The van der Waals surface area contributed by atoms with Gasteiger partial charge in [-0.2, -0.15) is 0 Å². The smallest absolute Gasteiger partial charge is 0.311 e. The third kappa shape index (κ3) is 2.97. The number of methoxy groups -OCH3 is 1. The van der Waals surface area contributed by atoms with E-state index in [9.17, 15) is 9.59 Å². The van der Waals surface area contributed by atoms with Crippen LogP contribution in [0.15, 0.2) is 41.0 Å². The highest BCUT2D eigenvalue weighted by Crippen LogP contribution is 2.39. The molecular formula is C22H22N2O5. The summed E-state index contributed by atoms with van der Waals surface area (Å²) in [4.78, 5) is 30.6. The first-order valence-electron chi connectivity index (χ1n) is 9.89. The number of aromatic amines is 1. The number of carbonyl (C=O) groups is 2. The fourth-order valence-corrected chi connectivity index (χ4v) is 4.08. The number of rotatable bonds is 4. The number of hydrogen-bond donors (Lipinski definition) is 1. The normalized spacial score (nSPS) is 18.9. The summed E-state index contributed by atoms with van der Waals surface area (Å²) in [5, 5.41) is 1.02. The molecule has 1 aromatic carbocycles. The molecule has 0 saturated heterocycles. The van der Waals surface area contributed by atoms with E-state index in [2.05, 4.69) is 4.98 Å². The van der Waals surface area contributed by atoms with Crippen molar-refractivity contribution in [3.8, 4) is 5.75 Å². The summed E-state index contributed by atoms with van der Waals surface area (Å²) >= 11 is 0. The Labute approximate surface area is 167 Å². The van der Waals surface area contributed by atoms with Gasteiger partial charge in [-0.1, -0.05) is 6.42 Å². The summed E-state index contributed by atoms with van der Waals surface area (Å²) < 4.78 is 16.6. The van der Waals surface area contributed by atoms with Gasteiger partial charge in [0.05, 0.1) is 25.0 Å². The van der Waals surface area contributed by atoms with Crippen molar-refractivity contribution in [1.82, 2.24) is 9.88 Å². The molecule has 1 atom stereocenters. The largest absolute Gasteiger partial charge is 0.497 e. The van der Waals surface area contributed by atoms with Crippen LogP contribution in [-0.2, 0) is 16.0 Å². The van der Waals surface area contributed by atoms with Gasteiger partial charge < -0.3 is 18.9 Å². The molecule has 1 aliphatic heterocycles. The standard InChI is InChI=1S/C22H22N2O5/c1-27-14-7-8-17-16(12-14)15-9-10-24(20(25)18-6-3-11-28-18)21(19(15)23-17)29-22(26)13-4-2-5-13/h3,6-8,11-13,21,23H,2,4-5,9-10H2,1H3. The predicted octanol–water partition coefficient (Wildman–Crippen LogP) is 3.81. The highest BCUT2D eigenvalue weighted by molar-refractivity contribution is 5.93. The average molecular weight is 394 g/mol. The molecule has 150 valence electrons. The van der Waals surface area contributed by atoms with Crippen LogP contribution in [0.25, 0.3) is 10.9 Å². The Hall–Kier alpha value is -3.22. The molecule has 1 aliphatic carbocycles. The Kier molecular flexibility index (Phi) is 4.30. The molecule has 3 aromatic rings. The maximum Gasteiger partial charge on any atom is 0.311 e. The van der Waals surface area contributed by atoms with E-state index in [-0.39, 0.29) is 23.6 Å². The predicted molar refractivity (Wildman–Crippen MR) is 104 cm³/mol. The molecular weight excluding hydrogens is 372 g/mol. The topological polar surface area (TPSA) is 84.8 Å². The Morgan fingerprint density at radius 1 is 1.24 bits per heavy atom. The van der Waals surface area contributed by atoms with E-state index in [1.807, 2.05) is 18.2 Å².